The first-order valence-electron chi connectivity index (χ1n) is 31.3. The van der Waals surface area contributed by atoms with E-state index in [-0.39, 0.29) is 52.8 Å². The molecule has 9 rings (SSSR count). The minimum absolute atomic E-state index is 0. The average molecular weight is 1400 g/mol. The number of piperidine rings is 1. The van der Waals surface area contributed by atoms with Crippen molar-refractivity contribution < 1.29 is 122 Å². The second kappa shape index (κ2) is 33.6. The summed E-state index contributed by atoms with van der Waals surface area (Å²) in [7, 11) is 1.75. The number of nitrogens with zero attached hydrogens (tertiary/aromatic N) is 6. The van der Waals surface area contributed by atoms with E-state index >= 15 is 0 Å². The number of anilines is 3. The Morgan fingerprint density at radius 3 is 1.89 bits per heavy atom. The van der Waals surface area contributed by atoms with Gasteiger partial charge in [0.1, 0.15) is 46.9 Å². The fourth-order valence-corrected chi connectivity index (χ4v) is 13.7. The smallest absolute Gasteiger partial charge is 0.691 e. The van der Waals surface area contributed by atoms with E-state index in [2.05, 4.69) is 79.8 Å². The van der Waals surface area contributed by atoms with Crippen molar-refractivity contribution in [3.8, 4) is 5.75 Å². The molecule has 0 aromatic heterocycles. The second-order valence-electron chi connectivity index (χ2n) is 24.7. The van der Waals surface area contributed by atoms with Crippen LogP contribution >= 0.6 is 11.6 Å². The van der Waals surface area contributed by atoms with Gasteiger partial charge in [-0.2, -0.15) is 0 Å². The van der Waals surface area contributed by atoms with E-state index in [1.54, 1.807) is 19.2 Å². The number of piperazine rings is 1. The topological polar surface area (TPSA) is 410 Å². The number of hydrogen-bond acceptors (Lipinski definition) is 22. The maximum absolute atomic E-state index is 14.7. The molecule has 30 nitrogen and oxygen atoms in total. The van der Waals surface area contributed by atoms with Gasteiger partial charge >= 0.3 is 29.6 Å². The molecule has 0 saturated carbocycles. The molecule has 0 spiro atoms. The first-order valence-corrected chi connectivity index (χ1v) is 32.8. The van der Waals surface area contributed by atoms with Crippen molar-refractivity contribution in [2.75, 3.05) is 87.3 Å². The molecule has 0 bridgehead atoms. The Bertz CT molecular complexity index is 3510. The van der Waals surface area contributed by atoms with Crippen molar-refractivity contribution in [2.45, 2.75) is 129 Å². The summed E-state index contributed by atoms with van der Waals surface area (Å²) in [5.74, 6) is -9.60. The second-order valence-corrected chi connectivity index (χ2v) is 26.2. The van der Waals surface area contributed by atoms with Gasteiger partial charge in [-0.1, -0.05) is 36.7 Å². The summed E-state index contributed by atoms with van der Waals surface area (Å²) >= 11 is 3.44. The number of phenolic OH excluding ortho intramolecular Hbond substituents is 1. The van der Waals surface area contributed by atoms with Gasteiger partial charge in [-0.05, 0) is 104 Å². The standard InChI is InChI=1S/C64H80ClN11O19S.Na/c1-35-33-76-55(56(35)83)61(88)67-31-44(78)29-46(68-57(84)38-6-12-41(13-7-38)73-23-25-74(26-24-73)43-16-14-42(15-17-43)72-21-19-64(93-4,20-22-72)39-8-10-40(65)11-9-39)58(85)69-52(36(2)77)62(89)75-34-45(79)30-47(75)59(86)70-53(60(87)71-54(63(76)90)50(82)32-66-3)49(81)27-37-5-18-48(80)51(28-37)96(92)95-94-91;/h5-18,28,35-36,44-47,49-50,52-56,77-83,91H,19-27,29-34H2,1-2,4H3,(H,67,88)(H,68,84)(H,69,85)(H,70,86)(H,71,87);/q;+1/p-1/t35?,36?,44-,45?,46-,47?,49+,50+,52?,53?,54-,55?,56-,96?;/m0./s1. The van der Waals surface area contributed by atoms with Crippen LogP contribution in [0.3, 0.4) is 0 Å². The molecule has 33 heteroatoms. The van der Waals surface area contributed by atoms with E-state index in [4.69, 9.17) is 22.9 Å². The largest absolute Gasteiger partial charge is 1.00 e. The average Bonchev–Trinajstić information content (AvgIpc) is 1.51. The van der Waals surface area contributed by atoms with Crippen molar-refractivity contribution in [3.05, 3.63) is 124 Å². The third-order valence-corrected chi connectivity index (χ3v) is 19.6. The number of β-amino-alcohol motifs (C(OH)–C–C–N with tert-alkyl or cyclic N) is 1. The predicted molar refractivity (Wildman–Crippen MR) is 342 cm³/mol. The van der Waals surface area contributed by atoms with Gasteiger partial charge in [-0.3, -0.25) is 38.6 Å². The minimum atomic E-state index is -2.73. The molecule has 0 aliphatic carbocycles. The molecule has 518 valence electrons. The zero-order valence-electron chi connectivity index (χ0n) is 53.8. The number of methoxy groups -OCH3 is 1. The molecule has 97 heavy (non-hydrogen) atoms. The number of halogens is 1. The summed E-state index contributed by atoms with van der Waals surface area (Å²) in [6.07, 6.45) is -10.9. The molecule has 4 aromatic carbocycles. The zero-order valence-corrected chi connectivity index (χ0v) is 57.3. The zero-order chi connectivity index (χ0) is 69.3. The Morgan fingerprint density at radius 1 is 0.742 bits per heavy atom. The van der Waals surface area contributed by atoms with Gasteiger partial charge in [-0.25, -0.2) is 10.8 Å². The first kappa shape index (κ1) is 75.7. The van der Waals surface area contributed by atoms with Gasteiger partial charge in [0.05, 0.1) is 36.1 Å². The number of aromatic hydroxyl groups is 1. The molecule has 5 saturated heterocycles. The molecular formula is C64H79ClN11NaO19S. The summed E-state index contributed by atoms with van der Waals surface area (Å²) in [5.41, 5.74) is 3.74. The quantitative estimate of drug-likeness (QED) is 0.0216. The molecular weight excluding hydrogens is 1320 g/mol. The van der Waals surface area contributed by atoms with Gasteiger partial charge in [-0.15, -0.1) is 4.33 Å². The number of carbonyl (C=O) groups is 7. The van der Waals surface area contributed by atoms with Gasteiger partial charge in [0.2, 0.25) is 53.1 Å². The predicted octanol–water partition coefficient (Wildman–Crippen LogP) is -5.37. The maximum atomic E-state index is 14.7. The number of aliphatic hydroxyl groups is 6. The third-order valence-electron chi connectivity index (χ3n) is 18.4. The molecule has 14 atom stereocenters. The Labute approximate surface area is 588 Å². The molecule has 5 aliphatic rings. The van der Waals surface area contributed by atoms with Gasteiger partial charge < -0.3 is 102 Å². The van der Waals surface area contributed by atoms with Gasteiger partial charge in [0, 0.05) is 119 Å². The number of rotatable bonds is 16. The Kier molecular flexibility index (Phi) is 26.2. The van der Waals surface area contributed by atoms with Crippen molar-refractivity contribution in [2.24, 2.45) is 5.92 Å². The minimum Gasteiger partial charge on any atom is -0.691 e. The fourth-order valence-electron chi connectivity index (χ4n) is 13.0. The van der Waals surface area contributed by atoms with E-state index in [0.717, 1.165) is 77.4 Å². The van der Waals surface area contributed by atoms with Crippen LogP contribution in [0.4, 0.5) is 17.1 Å². The van der Waals surface area contributed by atoms with Gasteiger partial charge in [0.25, 0.3) is 5.91 Å². The number of benzene rings is 4. The Hall–Kier alpha value is -7.10. The van der Waals surface area contributed by atoms with Crippen molar-refractivity contribution in [1.29, 1.82) is 0 Å². The van der Waals surface area contributed by atoms with Crippen LogP contribution in [0.1, 0.15) is 61.0 Å². The summed E-state index contributed by atoms with van der Waals surface area (Å²) in [5, 5.41) is 105. The van der Waals surface area contributed by atoms with Crippen LogP contribution in [0.2, 0.25) is 5.02 Å². The number of hydrogen-bond donors (Lipinski definition) is 12. The number of carbonyl (C=O) groups excluding carboxylic acids is 7. The monoisotopic (exact) mass is 1400 g/mol. The van der Waals surface area contributed by atoms with E-state index in [0.29, 0.717) is 31.2 Å². The molecule has 5 aliphatic heterocycles. The third kappa shape index (κ3) is 17.9. The Balaban J connectivity index is 0.0000120. The maximum Gasteiger partial charge on any atom is 1.00 e. The number of aliphatic hydroxyl groups excluding tert-OH is 6. The summed E-state index contributed by atoms with van der Waals surface area (Å²) in [6.45, 7) is 11.9. The summed E-state index contributed by atoms with van der Waals surface area (Å²) in [6, 6.07) is 14.5. The summed E-state index contributed by atoms with van der Waals surface area (Å²) < 4.78 is 22.7. The molecule has 7 amide bonds. The molecule has 4 aromatic rings. The van der Waals surface area contributed by atoms with Crippen molar-refractivity contribution >= 4 is 81.1 Å². The molecule has 5 fully saturated rings. The van der Waals surface area contributed by atoms with E-state index < -0.39 is 181 Å². The summed E-state index contributed by atoms with van der Waals surface area (Å²) in [4.78, 5) is 112. The number of phenols is 1. The molecule has 12 N–H and O–H groups in total. The van der Waals surface area contributed by atoms with E-state index in [1.165, 1.54) is 25.1 Å². The van der Waals surface area contributed by atoms with Crippen LogP contribution in [0, 0.1) is 12.5 Å². The number of amides is 7. The number of nitrogens with one attached hydrogen (secondary N) is 5. The van der Waals surface area contributed by atoms with Crippen LogP contribution in [0.25, 0.3) is 4.85 Å². The SMILES string of the molecule is [C-]#[N+]C[C@@H](O)[C@@H]1NC(=O)C([C@H](O)Cc2ccc(O)c(S(=O)OO[O-])c2)NC(=O)C2CC(O)CN2C(=O)C(C(C)O)NC(=O)[C@@H](NC(=O)c2ccc(N3CCN(c4ccc(N5CCC(OC)(c6ccc(Cl)cc6)CC5)cc4)CC3)cc2)C[C@H](O)CNC(=O)C2[C@@H](O)C(C)CN2C1=O.[Na+]. The number of ether oxygens (including phenoxy) is 1. The number of fused-ring (bicyclic) bond motifs is 2. The van der Waals surface area contributed by atoms with Crippen LogP contribution in [0.5, 0.6) is 5.75 Å². The molecule has 5 heterocycles. The van der Waals surface area contributed by atoms with Crippen LogP contribution in [0.15, 0.2) is 95.9 Å². The van der Waals surface area contributed by atoms with Crippen molar-refractivity contribution in [1.82, 2.24) is 36.4 Å². The first-order chi connectivity index (χ1) is 45.8. The Morgan fingerprint density at radius 2 is 1.31 bits per heavy atom. The van der Waals surface area contributed by atoms with Crippen LogP contribution < -0.4 is 76.1 Å². The van der Waals surface area contributed by atoms with E-state index in [1.807, 2.05) is 24.3 Å². The fraction of sp³-hybridized carbons (Fsp3) is 0.500. The normalized spacial score (nSPS) is 26.7. The van der Waals surface area contributed by atoms with E-state index in [9.17, 15) is 78.8 Å². The van der Waals surface area contributed by atoms with Gasteiger partial charge in [0.15, 0.2) is 6.10 Å². The molecule has 0 radical (unpaired) electrons. The van der Waals surface area contributed by atoms with Crippen molar-refractivity contribution in [3.63, 3.8) is 0 Å². The van der Waals surface area contributed by atoms with Crippen LogP contribution in [-0.2, 0) is 66.0 Å². The van der Waals surface area contributed by atoms with Crippen LogP contribution in [-0.4, -0.2) is 237 Å². The molecule has 8 unspecified atom stereocenters.